The number of ether oxygens (including phenoxy) is 1. The first-order valence-corrected chi connectivity index (χ1v) is 8.80. The fourth-order valence-corrected chi connectivity index (χ4v) is 3.16. The third-order valence-corrected chi connectivity index (χ3v) is 4.83. The number of nitrogens with one attached hydrogen (secondary N) is 1. The highest BCUT2D eigenvalue weighted by atomic mass is 16.5. The van der Waals surface area contributed by atoms with Crippen molar-refractivity contribution in [3.63, 3.8) is 0 Å². The minimum Gasteiger partial charge on any atom is -0.493 e. The average Bonchev–Trinajstić information content (AvgIpc) is 3.35. The second-order valence-corrected chi connectivity index (χ2v) is 6.93. The maximum Gasteiger partial charge on any atom is 0.339 e. The lowest BCUT2D eigenvalue weighted by Crippen LogP contribution is -2.05. The van der Waals surface area contributed by atoms with Gasteiger partial charge in [-0.15, -0.1) is 0 Å². The summed E-state index contributed by atoms with van der Waals surface area (Å²) in [7, 11) is 0. The van der Waals surface area contributed by atoms with Gasteiger partial charge in [-0.2, -0.15) is 0 Å². The monoisotopic (exact) mass is 365 g/mol. The summed E-state index contributed by atoms with van der Waals surface area (Å²) < 4.78 is 6.03. The van der Waals surface area contributed by atoms with Crippen LogP contribution in [0.25, 0.3) is 22.3 Å². The number of Topliss-reactive ketones (excluding diaryl/α,β-unsaturated/α-hetero) is 1. The van der Waals surface area contributed by atoms with Gasteiger partial charge in [0.1, 0.15) is 28.9 Å². The van der Waals surface area contributed by atoms with Crippen molar-refractivity contribution >= 4 is 22.8 Å². The van der Waals surface area contributed by atoms with Crippen molar-refractivity contribution in [2.75, 3.05) is 6.61 Å². The van der Waals surface area contributed by atoms with Crippen LogP contribution in [0.1, 0.15) is 46.0 Å². The molecular formula is C20H19N3O4. The molecule has 7 nitrogen and oxygen atoms in total. The third kappa shape index (κ3) is 3.16. The van der Waals surface area contributed by atoms with E-state index in [-0.39, 0.29) is 11.3 Å². The maximum atomic E-state index is 12.0. The molecule has 0 spiro atoms. The Morgan fingerprint density at radius 2 is 2.04 bits per heavy atom. The summed E-state index contributed by atoms with van der Waals surface area (Å²) in [5.41, 5.74) is 3.49. The zero-order valence-corrected chi connectivity index (χ0v) is 15.1. The van der Waals surface area contributed by atoms with Crippen molar-refractivity contribution in [1.29, 1.82) is 0 Å². The van der Waals surface area contributed by atoms with E-state index in [9.17, 15) is 14.7 Å². The van der Waals surface area contributed by atoms with Gasteiger partial charge in [0.2, 0.25) is 0 Å². The van der Waals surface area contributed by atoms with Crippen LogP contribution in [0.15, 0.2) is 24.7 Å². The van der Waals surface area contributed by atoms with Crippen molar-refractivity contribution in [2.24, 2.45) is 5.92 Å². The topological polar surface area (TPSA) is 105 Å². The Morgan fingerprint density at radius 1 is 1.26 bits per heavy atom. The van der Waals surface area contributed by atoms with E-state index >= 15 is 0 Å². The number of H-pyrrole nitrogens is 1. The maximum absolute atomic E-state index is 12.0. The molecule has 1 fully saturated rings. The average molecular weight is 365 g/mol. The first-order chi connectivity index (χ1) is 13.0. The van der Waals surface area contributed by atoms with Gasteiger partial charge in [-0.3, -0.25) is 4.79 Å². The number of aromatic amines is 1. The van der Waals surface area contributed by atoms with Crippen LogP contribution in [0.2, 0.25) is 0 Å². The number of hydrogen-bond acceptors (Lipinski definition) is 5. The Labute approximate surface area is 155 Å². The van der Waals surface area contributed by atoms with E-state index in [0.29, 0.717) is 46.1 Å². The molecule has 27 heavy (non-hydrogen) atoms. The molecule has 2 N–H and O–H groups in total. The molecule has 0 unspecified atom stereocenters. The van der Waals surface area contributed by atoms with Crippen LogP contribution in [0.5, 0.6) is 5.75 Å². The molecule has 2 heterocycles. The fourth-order valence-electron chi connectivity index (χ4n) is 3.16. The highest BCUT2D eigenvalue weighted by Gasteiger charge is 2.24. The quantitative estimate of drug-likeness (QED) is 0.646. The van der Waals surface area contributed by atoms with Crippen LogP contribution in [0.4, 0.5) is 0 Å². The first-order valence-electron chi connectivity index (χ1n) is 8.80. The van der Waals surface area contributed by atoms with Crippen molar-refractivity contribution in [2.45, 2.75) is 26.7 Å². The summed E-state index contributed by atoms with van der Waals surface area (Å²) in [6.45, 7) is 4.01. The van der Waals surface area contributed by atoms with Crippen molar-refractivity contribution in [3.8, 4) is 17.0 Å². The molecule has 7 heteroatoms. The van der Waals surface area contributed by atoms with Crippen molar-refractivity contribution < 1.29 is 19.4 Å². The summed E-state index contributed by atoms with van der Waals surface area (Å²) in [5, 5.41) is 9.34. The van der Waals surface area contributed by atoms with Crippen LogP contribution < -0.4 is 4.74 Å². The van der Waals surface area contributed by atoms with Crippen LogP contribution in [0.3, 0.4) is 0 Å². The predicted molar refractivity (Wildman–Crippen MR) is 99.2 cm³/mol. The van der Waals surface area contributed by atoms with Gasteiger partial charge >= 0.3 is 5.97 Å². The lowest BCUT2D eigenvalue weighted by atomic mass is 9.98. The number of aromatic nitrogens is 3. The minimum absolute atomic E-state index is 0.0505. The van der Waals surface area contributed by atoms with Gasteiger partial charge in [0.15, 0.2) is 5.78 Å². The number of ketones is 1. The molecule has 1 saturated carbocycles. The Kier molecular flexibility index (Phi) is 4.14. The van der Waals surface area contributed by atoms with Gasteiger partial charge in [-0.05, 0) is 50.3 Å². The van der Waals surface area contributed by atoms with Crippen LogP contribution in [-0.2, 0) is 0 Å². The van der Waals surface area contributed by atoms with Crippen molar-refractivity contribution in [3.05, 3.63) is 41.3 Å². The molecule has 0 atom stereocenters. The molecular weight excluding hydrogens is 346 g/mol. The number of nitrogens with zero attached hydrogens (tertiary/aromatic N) is 2. The van der Waals surface area contributed by atoms with Gasteiger partial charge in [-0.25, -0.2) is 14.8 Å². The molecule has 3 aromatic rings. The molecule has 138 valence electrons. The summed E-state index contributed by atoms with van der Waals surface area (Å²) in [6, 6.07) is 3.62. The molecule has 4 rings (SSSR count). The number of benzene rings is 1. The fraction of sp³-hybridized carbons (Fsp3) is 0.300. The number of aryl methyl sites for hydroxylation is 1. The summed E-state index contributed by atoms with van der Waals surface area (Å²) in [4.78, 5) is 34.9. The van der Waals surface area contributed by atoms with Gasteiger partial charge in [0, 0.05) is 17.3 Å². The van der Waals surface area contributed by atoms with Gasteiger partial charge in [0.25, 0.3) is 0 Å². The number of carbonyl (C=O) groups excluding carboxylic acids is 1. The van der Waals surface area contributed by atoms with Crippen LogP contribution in [0, 0.1) is 12.8 Å². The Bertz CT molecular complexity index is 1070. The van der Waals surface area contributed by atoms with E-state index in [1.54, 1.807) is 6.07 Å². The largest absolute Gasteiger partial charge is 0.493 e. The smallest absolute Gasteiger partial charge is 0.339 e. The highest BCUT2D eigenvalue weighted by Crippen LogP contribution is 2.37. The Balaban J connectivity index is 1.90. The van der Waals surface area contributed by atoms with Crippen molar-refractivity contribution in [1.82, 2.24) is 15.0 Å². The second-order valence-electron chi connectivity index (χ2n) is 6.93. The van der Waals surface area contributed by atoms with Gasteiger partial charge in [-0.1, -0.05) is 0 Å². The molecule has 1 aromatic carbocycles. The van der Waals surface area contributed by atoms with E-state index in [4.69, 9.17) is 4.74 Å². The SMILES string of the molecule is CC(=O)c1cc(-c2ncnc3c(C(=O)O)c[nH]c23)c(OCC2CC2)cc1C. The molecule has 0 radical (unpaired) electrons. The number of carboxylic acid groups (broad SMARTS) is 1. The molecule has 2 aromatic heterocycles. The number of aromatic carboxylic acids is 1. The predicted octanol–water partition coefficient (Wildman–Crippen LogP) is 3.62. The number of fused-ring (bicyclic) bond motifs is 1. The van der Waals surface area contributed by atoms with Gasteiger partial charge < -0.3 is 14.8 Å². The lowest BCUT2D eigenvalue weighted by molar-refractivity contribution is 0.0698. The molecule has 0 bridgehead atoms. The first kappa shape index (κ1) is 17.2. The minimum atomic E-state index is -1.07. The number of carboxylic acids is 1. The summed E-state index contributed by atoms with van der Waals surface area (Å²) in [5.74, 6) is 0.0889. The van der Waals surface area contributed by atoms with E-state index in [1.807, 2.05) is 13.0 Å². The van der Waals surface area contributed by atoms with Crippen LogP contribution >= 0.6 is 0 Å². The molecule has 0 amide bonds. The lowest BCUT2D eigenvalue weighted by Gasteiger charge is -2.15. The summed E-state index contributed by atoms with van der Waals surface area (Å²) >= 11 is 0. The van der Waals surface area contributed by atoms with E-state index in [1.165, 1.54) is 19.4 Å². The number of rotatable bonds is 6. The van der Waals surface area contributed by atoms with E-state index < -0.39 is 5.97 Å². The molecule has 1 aliphatic rings. The number of carbonyl (C=O) groups is 2. The zero-order chi connectivity index (χ0) is 19.1. The number of hydrogen-bond donors (Lipinski definition) is 2. The Morgan fingerprint density at radius 3 is 2.70 bits per heavy atom. The second kappa shape index (κ2) is 6.50. The standard InChI is InChI=1S/C20H19N3O4/c1-10-5-16(27-8-12-3-4-12)14(6-13(10)11(2)24)17-19-18(23-9-22-17)15(7-21-19)20(25)26/h5-7,9,12,21H,3-4,8H2,1-2H3,(H,25,26). The zero-order valence-electron chi connectivity index (χ0n) is 15.1. The molecule has 1 aliphatic carbocycles. The van der Waals surface area contributed by atoms with E-state index in [0.717, 1.165) is 18.4 Å². The highest BCUT2D eigenvalue weighted by molar-refractivity contribution is 6.05. The van der Waals surface area contributed by atoms with Crippen LogP contribution in [-0.4, -0.2) is 38.4 Å². The normalized spacial score (nSPS) is 13.7. The van der Waals surface area contributed by atoms with Gasteiger partial charge in [0.05, 0.1) is 12.1 Å². The molecule has 0 aliphatic heterocycles. The summed E-state index contributed by atoms with van der Waals surface area (Å²) in [6.07, 6.45) is 5.05. The molecule has 0 saturated heterocycles. The Hall–Kier alpha value is -3.22. The van der Waals surface area contributed by atoms with E-state index in [2.05, 4.69) is 15.0 Å². The third-order valence-electron chi connectivity index (χ3n) is 4.83.